The molecule has 6 heteroatoms. The number of allylic oxidation sites excluding steroid dienone is 1. The van der Waals surface area contributed by atoms with Gasteiger partial charge in [0, 0.05) is 16.9 Å². The normalized spacial score (nSPS) is 11.1. The van der Waals surface area contributed by atoms with Crippen LogP contribution >= 0.6 is 22.9 Å². The third kappa shape index (κ3) is 3.99. The van der Waals surface area contributed by atoms with Crippen molar-refractivity contribution >= 4 is 40.6 Å². The lowest BCUT2D eigenvalue weighted by Gasteiger charge is -2.06. The number of nitrogens with one attached hydrogen (secondary N) is 1. The van der Waals surface area contributed by atoms with Gasteiger partial charge in [-0.05, 0) is 49.8 Å². The number of aromatic nitrogens is 3. The maximum absolute atomic E-state index is 5.91. The van der Waals surface area contributed by atoms with E-state index in [-0.39, 0.29) is 0 Å². The smallest absolute Gasteiger partial charge is 0.227 e. The number of anilines is 2. The van der Waals surface area contributed by atoms with Crippen molar-refractivity contribution in [2.45, 2.75) is 20.3 Å². The van der Waals surface area contributed by atoms with E-state index < -0.39 is 0 Å². The number of rotatable bonds is 5. The molecule has 0 bridgehead atoms. The van der Waals surface area contributed by atoms with Crippen LogP contribution in [0.2, 0.25) is 5.02 Å². The van der Waals surface area contributed by atoms with Gasteiger partial charge in [0.1, 0.15) is 5.01 Å². The molecular weight excluding hydrogens is 340 g/mol. The van der Waals surface area contributed by atoms with E-state index >= 15 is 0 Å². The molecule has 2 aromatic heterocycles. The summed E-state index contributed by atoms with van der Waals surface area (Å²) < 4.78 is 0. The Bertz CT molecular complexity index is 856. The van der Waals surface area contributed by atoms with E-state index in [0.717, 1.165) is 33.4 Å². The summed E-state index contributed by atoms with van der Waals surface area (Å²) in [5, 5.41) is 4.88. The molecule has 1 aromatic carbocycles. The molecule has 3 rings (SSSR count). The first kappa shape index (κ1) is 16.6. The average Bonchev–Trinajstić information content (AvgIpc) is 2.96. The molecule has 0 aliphatic rings. The summed E-state index contributed by atoms with van der Waals surface area (Å²) in [6.45, 7) is 4.11. The van der Waals surface area contributed by atoms with Crippen LogP contribution in [0.15, 0.2) is 42.6 Å². The Morgan fingerprint density at radius 1 is 1.17 bits per heavy atom. The highest BCUT2D eigenvalue weighted by molar-refractivity contribution is 7.16. The van der Waals surface area contributed by atoms with E-state index in [0.29, 0.717) is 11.0 Å². The van der Waals surface area contributed by atoms with Gasteiger partial charge in [-0.3, -0.25) is 0 Å². The first-order valence-corrected chi connectivity index (χ1v) is 8.85. The van der Waals surface area contributed by atoms with Crippen molar-refractivity contribution in [1.82, 2.24) is 15.0 Å². The molecule has 0 saturated heterocycles. The molecule has 0 saturated carbocycles. The van der Waals surface area contributed by atoms with Gasteiger partial charge >= 0.3 is 0 Å². The molecule has 0 spiro atoms. The lowest BCUT2D eigenvalue weighted by Crippen LogP contribution is -1.97. The van der Waals surface area contributed by atoms with Crippen molar-refractivity contribution in [3.05, 3.63) is 58.3 Å². The molecule has 0 aliphatic heterocycles. The molecular formula is C18H17ClN4S. The predicted octanol–water partition coefficient (Wildman–Crippen LogP) is 5.73. The van der Waals surface area contributed by atoms with Crippen LogP contribution in [0.5, 0.6) is 0 Å². The van der Waals surface area contributed by atoms with E-state index in [1.165, 1.54) is 0 Å². The summed E-state index contributed by atoms with van der Waals surface area (Å²) in [7, 11) is 0. The zero-order valence-electron chi connectivity index (χ0n) is 13.5. The number of benzene rings is 1. The highest BCUT2D eigenvalue weighted by atomic mass is 35.5. The number of hydrogen-bond donors (Lipinski definition) is 1. The van der Waals surface area contributed by atoms with Crippen molar-refractivity contribution < 1.29 is 0 Å². The van der Waals surface area contributed by atoms with Crippen LogP contribution in [-0.4, -0.2) is 15.0 Å². The second-order valence-corrected chi connectivity index (χ2v) is 6.64. The van der Waals surface area contributed by atoms with Gasteiger partial charge in [-0.15, -0.1) is 11.3 Å². The quantitative estimate of drug-likeness (QED) is 0.634. The molecule has 0 unspecified atom stereocenters. The second-order valence-electron chi connectivity index (χ2n) is 5.17. The number of halogens is 1. The first-order valence-electron chi connectivity index (χ1n) is 7.65. The summed E-state index contributed by atoms with van der Waals surface area (Å²) in [5.74, 6) is 0.549. The summed E-state index contributed by atoms with van der Waals surface area (Å²) in [6, 6.07) is 9.34. The maximum atomic E-state index is 5.91. The number of thiazole rings is 1. The first-order chi connectivity index (χ1) is 11.7. The minimum atomic E-state index is 0.549. The molecule has 3 aromatic rings. The molecule has 24 heavy (non-hydrogen) atoms. The van der Waals surface area contributed by atoms with Crippen molar-refractivity contribution in [2.24, 2.45) is 0 Å². The number of aryl methyl sites for hydroxylation is 1. The molecule has 0 radical (unpaired) electrons. The fourth-order valence-corrected chi connectivity index (χ4v) is 3.25. The maximum Gasteiger partial charge on any atom is 0.227 e. The zero-order chi connectivity index (χ0) is 16.9. The Balaban J connectivity index is 1.86. The third-order valence-corrected chi connectivity index (χ3v) is 4.70. The van der Waals surface area contributed by atoms with Gasteiger partial charge in [0.15, 0.2) is 0 Å². The highest BCUT2D eigenvalue weighted by Gasteiger charge is 2.11. The molecule has 4 nitrogen and oxygen atoms in total. The van der Waals surface area contributed by atoms with E-state index in [1.807, 2.05) is 37.3 Å². The summed E-state index contributed by atoms with van der Waals surface area (Å²) >= 11 is 7.54. The van der Waals surface area contributed by atoms with Crippen molar-refractivity contribution in [3.63, 3.8) is 0 Å². The Hall–Kier alpha value is -2.24. The van der Waals surface area contributed by atoms with Gasteiger partial charge in [0.25, 0.3) is 0 Å². The van der Waals surface area contributed by atoms with Crippen LogP contribution in [0.3, 0.4) is 0 Å². The van der Waals surface area contributed by atoms with Gasteiger partial charge in [0.2, 0.25) is 5.95 Å². The van der Waals surface area contributed by atoms with Gasteiger partial charge in [0.05, 0.1) is 16.3 Å². The van der Waals surface area contributed by atoms with Crippen molar-refractivity contribution in [2.75, 3.05) is 5.32 Å². The Morgan fingerprint density at radius 2 is 1.96 bits per heavy atom. The van der Waals surface area contributed by atoms with Crippen molar-refractivity contribution in [1.29, 1.82) is 0 Å². The van der Waals surface area contributed by atoms with E-state index in [9.17, 15) is 0 Å². The van der Waals surface area contributed by atoms with E-state index in [1.54, 1.807) is 17.5 Å². The third-order valence-electron chi connectivity index (χ3n) is 3.30. The largest absolute Gasteiger partial charge is 0.324 e. The van der Waals surface area contributed by atoms with Crippen LogP contribution in [0.1, 0.15) is 24.0 Å². The lowest BCUT2D eigenvalue weighted by molar-refractivity contribution is 1.16. The summed E-state index contributed by atoms with van der Waals surface area (Å²) in [5.41, 5.74) is 2.74. The highest BCUT2D eigenvalue weighted by Crippen LogP contribution is 2.30. The van der Waals surface area contributed by atoms with E-state index in [4.69, 9.17) is 11.6 Å². The standard InChI is InChI=1S/C18H17ClN4S/c1-3-4-5-16-21-12(2)17(24-16)15-10-11-20-18(23-15)22-14-8-6-13(19)7-9-14/h4-11H,3H2,1-2H3,(H,20,22,23)/b5-4-. The van der Waals surface area contributed by atoms with Crippen molar-refractivity contribution in [3.8, 4) is 10.6 Å². The fraction of sp³-hybridized carbons (Fsp3) is 0.167. The second kappa shape index (κ2) is 7.55. The molecule has 1 N–H and O–H groups in total. The molecule has 0 atom stereocenters. The van der Waals surface area contributed by atoms with Gasteiger partial charge < -0.3 is 5.32 Å². The molecule has 0 aliphatic carbocycles. The predicted molar refractivity (Wildman–Crippen MR) is 102 cm³/mol. The summed E-state index contributed by atoms with van der Waals surface area (Å²) in [4.78, 5) is 14.5. The van der Waals surface area contributed by atoms with Crippen LogP contribution in [-0.2, 0) is 0 Å². The van der Waals surface area contributed by atoms with E-state index in [2.05, 4.69) is 39.3 Å². The monoisotopic (exact) mass is 356 g/mol. The minimum Gasteiger partial charge on any atom is -0.324 e. The number of hydrogen-bond acceptors (Lipinski definition) is 5. The molecule has 2 heterocycles. The topological polar surface area (TPSA) is 50.7 Å². The lowest BCUT2D eigenvalue weighted by atomic mass is 10.3. The SMILES string of the molecule is CC/C=C\c1nc(C)c(-c2ccnc(Nc3ccc(Cl)cc3)n2)s1. The van der Waals surface area contributed by atoms with Gasteiger partial charge in [-0.2, -0.15) is 0 Å². The average molecular weight is 357 g/mol. The van der Waals surface area contributed by atoms with Crippen LogP contribution in [0.4, 0.5) is 11.6 Å². The molecule has 0 amide bonds. The minimum absolute atomic E-state index is 0.549. The van der Waals surface area contributed by atoms with Crippen LogP contribution in [0.25, 0.3) is 16.6 Å². The molecule has 122 valence electrons. The van der Waals surface area contributed by atoms with Crippen LogP contribution in [0, 0.1) is 6.92 Å². The summed E-state index contributed by atoms with van der Waals surface area (Å²) in [6.07, 6.45) is 6.91. The van der Waals surface area contributed by atoms with Crippen LogP contribution < -0.4 is 5.32 Å². The number of nitrogens with zero attached hydrogens (tertiary/aromatic N) is 3. The Morgan fingerprint density at radius 3 is 2.71 bits per heavy atom. The molecule has 0 fully saturated rings. The fourth-order valence-electron chi connectivity index (χ4n) is 2.15. The zero-order valence-corrected chi connectivity index (χ0v) is 15.0. The van der Waals surface area contributed by atoms with Gasteiger partial charge in [-0.1, -0.05) is 24.6 Å². The Kier molecular flexibility index (Phi) is 5.23. The Labute approximate surface area is 150 Å². The van der Waals surface area contributed by atoms with Gasteiger partial charge in [-0.25, -0.2) is 15.0 Å².